The van der Waals surface area contributed by atoms with Crippen LogP contribution in [-0.4, -0.2) is 0 Å². The van der Waals surface area contributed by atoms with Gasteiger partial charge in [-0.05, 0) is 29.1 Å². The van der Waals surface area contributed by atoms with Gasteiger partial charge in [-0.25, -0.2) is 4.42 Å². The van der Waals surface area contributed by atoms with Gasteiger partial charge >= 0.3 is 11.5 Å². The van der Waals surface area contributed by atoms with E-state index in [1.807, 2.05) is 30.3 Å². The smallest absolute Gasteiger partial charge is 0.206 e. The third kappa shape index (κ3) is 2.94. The average molecular weight is 315 g/mol. The molecule has 2 aromatic carbocycles. The molecule has 110 valence electrons. The van der Waals surface area contributed by atoms with Gasteiger partial charge in [-0.1, -0.05) is 54.6 Å². The fourth-order valence-electron chi connectivity index (χ4n) is 2.58. The van der Waals surface area contributed by atoms with E-state index in [-0.39, 0.29) is 0 Å². The number of hydrogen-bond acceptors (Lipinski definition) is 1. The number of hydrogen-bond donors (Lipinski definition) is 0. The van der Waals surface area contributed by atoms with Crippen LogP contribution in [0.25, 0.3) is 33.1 Å². The molecular formula is C21H15OS+. The van der Waals surface area contributed by atoms with Crippen LogP contribution in [0.3, 0.4) is 0 Å². The van der Waals surface area contributed by atoms with Crippen molar-refractivity contribution in [3.8, 4) is 33.1 Å². The molecule has 0 saturated carbocycles. The Hall–Kier alpha value is -2.71. The van der Waals surface area contributed by atoms with Crippen molar-refractivity contribution in [2.45, 2.75) is 0 Å². The van der Waals surface area contributed by atoms with E-state index in [1.54, 1.807) is 11.3 Å². The summed E-state index contributed by atoms with van der Waals surface area (Å²) in [6.07, 6.45) is 0. The van der Waals surface area contributed by atoms with Gasteiger partial charge in [-0.15, -0.1) is 11.3 Å². The van der Waals surface area contributed by atoms with Crippen LogP contribution in [0.4, 0.5) is 0 Å². The zero-order chi connectivity index (χ0) is 15.5. The lowest BCUT2D eigenvalue weighted by atomic mass is 10.0. The van der Waals surface area contributed by atoms with Gasteiger partial charge in [0.25, 0.3) is 0 Å². The Kier molecular flexibility index (Phi) is 3.75. The van der Waals surface area contributed by atoms with Crippen molar-refractivity contribution in [2.24, 2.45) is 0 Å². The van der Waals surface area contributed by atoms with Crippen molar-refractivity contribution in [1.29, 1.82) is 0 Å². The Morgan fingerprint density at radius 2 is 1.22 bits per heavy atom. The number of thiophene rings is 1. The molecule has 2 aromatic heterocycles. The first-order chi connectivity index (χ1) is 11.4. The topological polar surface area (TPSA) is 11.3 Å². The minimum atomic E-state index is 0.885. The summed E-state index contributed by atoms with van der Waals surface area (Å²) >= 11 is 1.69. The molecule has 4 aromatic rings. The normalized spacial score (nSPS) is 10.6. The van der Waals surface area contributed by atoms with Crippen LogP contribution < -0.4 is 0 Å². The quantitative estimate of drug-likeness (QED) is 0.386. The summed E-state index contributed by atoms with van der Waals surface area (Å²) < 4.78 is 6.18. The minimum Gasteiger partial charge on any atom is -0.206 e. The summed E-state index contributed by atoms with van der Waals surface area (Å²) in [5, 5.41) is 2.07. The summed E-state index contributed by atoms with van der Waals surface area (Å²) in [5.41, 5.74) is 3.44. The summed E-state index contributed by atoms with van der Waals surface area (Å²) in [4.78, 5) is 1.14. The van der Waals surface area contributed by atoms with Crippen LogP contribution >= 0.6 is 11.3 Å². The Morgan fingerprint density at radius 1 is 0.565 bits per heavy atom. The van der Waals surface area contributed by atoms with Crippen molar-refractivity contribution < 1.29 is 4.42 Å². The molecule has 0 saturated heterocycles. The van der Waals surface area contributed by atoms with Gasteiger partial charge in [0.1, 0.15) is 4.88 Å². The van der Waals surface area contributed by atoms with E-state index < -0.39 is 0 Å². The van der Waals surface area contributed by atoms with Crippen molar-refractivity contribution in [2.75, 3.05) is 0 Å². The molecule has 0 fully saturated rings. The lowest BCUT2D eigenvalue weighted by Gasteiger charge is -2.01. The van der Waals surface area contributed by atoms with Crippen molar-refractivity contribution in [1.82, 2.24) is 0 Å². The predicted octanol–water partition coefficient (Wildman–Crippen LogP) is 6.62. The second-order valence-electron chi connectivity index (χ2n) is 5.28. The van der Waals surface area contributed by atoms with Gasteiger partial charge in [-0.2, -0.15) is 0 Å². The second kappa shape index (κ2) is 6.19. The van der Waals surface area contributed by atoms with E-state index in [1.165, 1.54) is 11.1 Å². The van der Waals surface area contributed by atoms with Gasteiger partial charge in [0.05, 0.1) is 17.7 Å². The number of benzene rings is 2. The summed E-state index contributed by atoms with van der Waals surface area (Å²) in [6.45, 7) is 0. The molecule has 1 nitrogen and oxygen atoms in total. The Morgan fingerprint density at radius 3 is 1.87 bits per heavy atom. The van der Waals surface area contributed by atoms with Crippen LogP contribution in [0.1, 0.15) is 0 Å². The first-order valence-electron chi connectivity index (χ1n) is 7.53. The minimum absolute atomic E-state index is 0.885. The van der Waals surface area contributed by atoms with Gasteiger partial charge in [0, 0.05) is 5.56 Å². The molecule has 0 amide bonds. The molecule has 23 heavy (non-hydrogen) atoms. The van der Waals surface area contributed by atoms with E-state index in [0.717, 1.165) is 22.0 Å². The summed E-state index contributed by atoms with van der Waals surface area (Å²) in [7, 11) is 0. The van der Waals surface area contributed by atoms with Crippen molar-refractivity contribution in [3.05, 3.63) is 90.3 Å². The van der Waals surface area contributed by atoms with Crippen molar-refractivity contribution >= 4 is 11.3 Å². The fraction of sp³-hybridized carbons (Fsp3) is 0. The highest BCUT2D eigenvalue weighted by molar-refractivity contribution is 7.13. The molecule has 0 radical (unpaired) electrons. The van der Waals surface area contributed by atoms with E-state index in [2.05, 4.69) is 60.0 Å². The third-order valence-corrected chi connectivity index (χ3v) is 4.61. The van der Waals surface area contributed by atoms with Gasteiger partial charge < -0.3 is 0 Å². The maximum atomic E-state index is 6.18. The van der Waals surface area contributed by atoms with Crippen molar-refractivity contribution in [3.63, 3.8) is 0 Å². The molecule has 0 spiro atoms. The zero-order valence-electron chi connectivity index (χ0n) is 12.5. The highest BCUT2D eigenvalue weighted by Gasteiger charge is 2.20. The Bertz CT molecular complexity index is 840. The zero-order valence-corrected chi connectivity index (χ0v) is 13.3. The van der Waals surface area contributed by atoms with E-state index in [0.29, 0.717) is 0 Å². The largest absolute Gasteiger partial charge is 0.371 e. The van der Waals surface area contributed by atoms with E-state index in [4.69, 9.17) is 4.42 Å². The lowest BCUT2D eigenvalue weighted by Crippen LogP contribution is -1.84. The fourth-order valence-corrected chi connectivity index (χ4v) is 3.26. The van der Waals surface area contributed by atoms with Gasteiger partial charge in [0.2, 0.25) is 0 Å². The number of rotatable bonds is 3. The summed E-state index contributed by atoms with van der Waals surface area (Å²) in [6, 6.07) is 29.0. The monoisotopic (exact) mass is 315 g/mol. The van der Waals surface area contributed by atoms with Crippen LogP contribution in [0, 0.1) is 0 Å². The van der Waals surface area contributed by atoms with E-state index >= 15 is 0 Å². The summed E-state index contributed by atoms with van der Waals surface area (Å²) in [5.74, 6) is 1.79. The standard InChI is InChI=1S/C21H15OS/c1-3-8-16(9-4-1)18-14-19(17-10-5-2-6-11-17)22-20(15-18)21-12-7-13-23-21/h1-15H/q+1. The predicted molar refractivity (Wildman–Crippen MR) is 97.3 cm³/mol. The highest BCUT2D eigenvalue weighted by atomic mass is 32.1. The van der Waals surface area contributed by atoms with Gasteiger partial charge in [0.15, 0.2) is 0 Å². The third-order valence-electron chi connectivity index (χ3n) is 3.72. The Balaban J connectivity index is 1.91. The molecule has 0 N–H and O–H groups in total. The lowest BCUT2D eigenvalue weighted by molar-refractivity contribution is 0.584. The van der Waals surface area contributed by atoms with Crippen LogP contribution in [-0.2, 0) is 0 Å². The second-order valence-corrected chi connectivity index (χ2v) is 6.23. The molecule has 0 bridgehead atoms. The highest BCUT2D eigenvalue weighted by Crippen LogP contribution is 2.34. The first kappa shape index (κ1) is 13.9. The first-order valence-corrected chi connectivity index (χ1v) is 8.41. The molecule has 2 heteroatoms. The molecule has 0 unspecified atom stereocenters. The molecule has 2 heterocycles. The maximum absolute atomic E-state index is 6.18. The molecule has 0 aliphatic heterocycles. The van der Waals surface area contributed by atoms with Crippen LogP contribution in [0.15, 0.2) is 94.7 Å². The molecule has 4 rings (SSSR count). The molecule has 0 atom stereocenters. The average Bonchev–Trinajstić information content (AvgIpc) is 3.18. The Labute approximate surface area is 139 Å². The van der Waals surface area contributed by atoms with Crippen LogP contribution in [0.2, 0.25) is 0 Å². The maximum Gasteiger partial charge on any atom is 0.371 e. The van der Waals surface area contributed by atoms with Gasteiger partial charge in [-0.3, -0.25) is 0 Å². The molecule has 0 aliphatic carbocycles. The SMILES string of the molecule is c1ccc(-c2cc(-c3ccccc3)[o+]c(-c3cccs3)c2)cc1. The van der Waals surface area contributed by atoms with E-state index in [9.17, 15) is 0 Å². The molecule has 0 aliphatic rings. The molecular weight excluding hydrogens is 300 g/mol. The van der Waals surface area contributed by atoms with Crippen LogP contribution in [0.5, 0.6) is 0 Å².